The molecule has 4 rings (SSSR count). The average molecular weight is 481 g/mol. The number of rotatable bonds is 6. The number of para-hydroxylation sites is 1. The van der Waals surface area contributed by atoms with Crippen LogP contribution < -0.4 is 24.4 Å². The molecule has 0 saturated carbocycles. The van der Waals surface area contributed by atoms with E-state index in [-0.39, 0.29) is 23.5 Å². The molecule has 0 aliphatic carbocycles. The van der Waals surface area contributed by atoms with Gasteiger partial charge in [0.05, 0.1) is 42.7 Å². The predicted octanol–water partition coefficient (Wildman–Crippen LogP) is 2.52. The van der Waals surface area contributed by atoms with Gasteiger partial charge in [-0.1, -0.05) is 35.6 Å². The van der Waals surface area contributed by atoms with Crippen LogP contribution in [0.5, 0.6) is 17.2 Å². The fourth-order valence-corrected chi connectivity index (χ4v) is 4.92. The summed E-state index contributed by atoms with van der Waals surface area (Å²) in [7, 11) is 3.06. The Hall–Kier alpha value is -3.85. The van der Waals surface area contributed by atoms with Crippen LogP contribution in [0.3, 0.4) is 0 Å². The standard InChI is InChI=1S/C25H24N2O6S/c1-5-33-24(30)21-14(2)26-25-27(22(21)16-10-11-18(31-3)19(12-16)32-4)23(29)20(34-25)13-15-8-6-7-9-17(15)28/h6-13,22,28H,5H2,1-4H3/b20-13-/t22-/m0/s1. The third kappa shape index (κ3) is 4.10. The zero-order valence-corrected chi connectivity index (χ0v) is 20.0. The van der Waals surface area contributed by atoms with Crippen LogP contribution in [0.25, 0.3) is 6.08 Å². The maximum atomic E-state index is 13.6. The Balaban J connectivity index is 1.99. The number of carbonyl (C=O) groups excluding carboxylic acids is 1. The van der Waals surface area contributed by atoms with Crippen molar-refractivity contribution >= 4 is 23.4 Å². The molecular formula is C25H24N2O6S. The summed E-state index contributed by atoms with van der Waals surface area (Å²) in [5, 5.41) is 10.2. The predicted molar refractivity (Wildman–Crippen MR) is 128 cm³/mol. The van der Waals surface area contributed by atoms with Crippen LogP contribution in [-0.2, 0) is 9.53 Å². The van der Waals surface area contributed by atoms with E-state index in [0.29, 0.717) is 37.7 Å². The van der Waals surface area contributed by atoms with Crippen LogP contribution in [0.15, 0.2) is 63.5 Å². The first-order chi connectivity index (χ1) is 16.4. The van der Waals surface area contributed by atoms with E-state index in [0.717, 1.165) is 0 Å². The summed E-state index contributed by atoms with van der Waals surface area (Å²) >= 11 is 1.19. The molecule has 1 N–H and O–H groups in total. The zero-order chi connectivity index (χ0) is 24.4. The highest BCUT2D eigenvalue weighted by molar-refractivity contribution is 7.07. The van der Waals surface area contributed by atoms with Gasteiger partial charge in [-0.05, 0) is 43.7 Å². The summed E-state index contributed by atoms with van der Waals surface area (Å²) in [5.41, 5.74) is 1.56. The Kier molecular flexibility index (Phi) is 6.56. The van der Waals surface area contributed by atoms with E-state index >= 15 is 0 Å². The molecule has 0 unspecified atom stereocenters. The number of phenolic OH excluding ortho intramolecular Hbond substituents is 1. The zero-order valence-electron chi connectivity index (χ0n) is 19.2. The molecule has 1 aliphatic heterocycles. The summed E-state index contributed by atoms with van der Waals surface area (Å²) in [5.74, 6) is 0.512. The molecule has 176 valence electrons. The van der Waals surface area contributed by atoms with Crippen molar-refractivity contribution in [2.24, 2.45) is 4.99 Å². The third-order valence-corrected chi connectivity index (χ3v) is 6.45. The summed E-state index contributed by atoms with van der Waals surface area (Å²) in [6.07, 6.45) is 1.62. The molecule has 8 nitrogen and oxygen atoms in total. The lowest BCUT2D eigenvalue weighted by atomic mass is 9.95. The van der Waals surface area contributed by atoms with E-state index in [9.17, 15) is 14.7 Å². The smallest absolute Gasteiger partial charge is 0.338 e. The Morgan fingerprint density at radius 3 is 2.59 bits per heavy atom. The van der Waals surface area contributed by atoms with Crippen LogP contribution in [0.1, 0.15) is 31.0 Å². The van der Waals surface area contributed by atoms with Crippen molar-refractivity contribution in [1.82, 2.24) is 4.57 Å². The van der Waals surface area contributed by atoms with Gasteiger partial charge in [-0.15, -0.1) is 0 Å². The van der Waals surface area contributed by atoms with Crippen LogP contribution in [-0.4, -0.2) is 36.5 Å². The summed E-state index contributed by atoms with van der Waals surface area (Å²) < 4.78 is 18.0. The van der Waals surface area contributed by atoms with E-state index in [2.05, 4.69) is 4.99 Å². The molecule has 1 atom stereocenters. The minimum absolute atomic E-state index is 0.0631. The molecule has 9 heteroatoms. The topological polar surface area (TPSA) is 99.4 Å². The van der Waals surface area contributed by atoms with Gasteiger partial charge < -0.3 is 19.3 Å². The molecule has 1 aromatic heterocycles. The average Bonchev–Trinajstić information content (AvgIpc) is 3.13. The summed E-state index contributed by atoms with van der Waals surface area (Å²) in [4.78, 5) is 31.6. The number of phenols is 1. The molecule has 3 aromatic rings. The lowest BCUT2D eigenvalue weighted by Gasteiger charge is -2.25. The quantitative estimate of drug-likeness (QED) is 0.545. The molecule has 0 saturated heterocycles. The van der Waals surface area contributed by atoms with Crippen LogP contribution in [0.2, 0.25) is 0 Å². The van der Waals surface area contributed by atoms with Crippen LogP contribution >= 0.6 is 11.3 Å². The minimum atomic E-state index is -0.776. The maximum absolute atomic E-state index is 13.6. The number of hydrogen-bond donors (Lipinski definition) is 1. The highest BCUT2D eigenvalue weighted by Crippen LogP contribution is 2.36. The molecule has 0 fully saturated rings. The number of hydrogen-bond acceptors (Lipinski definition) is 8. The van der Waals surface area contributed by atoms with Crippen LogP contribution in [0, 0.1) is 0 Å². The van der Waals surface area contributed by atoms with Crippen molar-refractivity contribution in [2.75, 3.05) is 20.8 Å². The first-order valence-corrected chi connectivity index (χ1v) is 11.4. The second kappa shape index (κ2) is 9.56. The van der Waals surface area contributed by atoms with Gasteiger partial charge in [0.1, 0.15) is 5.75 Å². The van der Waals surface area contributed by atoms with Crippen molar-refractivity contribution in [1.29, 1.82) is 0 Å². The number of ether oxygens (including phenoxy) is 3. The number of aromatic nitrogens is 1. The van der Waals surface area contributed by atoms with Gasteiger partial charge in [-0.3, -0.25) is 9.36 Å². The molecule has 1 aliphatic rings. The van der Waals surface area contributed by atoms with Gasteiger partial charge in [0.2, 0.25) is 0 Å². The number of nitrogens with zero attached hydrogens (tertiary/aromatic N) is 2. The lowest BCUT2D eigenvalue weighted by Crippen LogP contribution is -2.39. The number of esters is 1. The fourth-order valence-electron chi connectivity index (χ4n) is 3.88. The Bertz CT molecular complexity index is 1470. The largest absolute Gasteiger partial charge is 0.507 e. The number of aromatic hydroxyl groups is 1. The number of methoxy groups -OCH3 is 2. The van der Waals surface area contributed by atoms with E-state index in [1.54, 1.807) is 62.4 Å². The number of thiazole rings is 1. The molecule has 2 heterocycles. The molecule has 0 bridgehead atoms. The number of allylic oxidation sites excluding steroid dienone is 1. The molecule has 0 spiro atoms. The van der Waals surface area contributed by atoms with Gasteiger partial charge in [0.25, 0.3) is 5.56 Å². The van der Waals surface area contributed by atoms with Gasteiger partial charge >= 0.3 is 5.97 Å². The third-order valence-electron chi connectivity index (χ3n) is 5.46. The number of fused-ring (bicyclic) bond motifs is 1. The fraction of sp³-hybridized carbons (Fsp3) is 0.240. The Labute approximate surface area is 199 Å². The second-order valence-corrected chi connectivity index (χ2v) is 8.48. The highest BCUT2D eigenvalue weighted by atomic mass is 32.1. The van der Waals surface area contributed by atoms with Gasteiger partial charge in [0, 0.05) is 5.56 Å². The van der Waals surface area contributed by atoms with Crippen molar-refractivity contribution < 1.29 is 24.1 Å². The lowest BCUT2D eigenvalue weighted by molar-refractivity contribution is -0.139. The SMILES string of the molecule is CCOC(=O)C1=C(C)N=c2s/c(=C\c3ccccc3O)c(=O)n2[C@H]1c1ccc(OC)c(OC)c1. The second-order valence-electron chi connectivity index (χ2n) is 7.48. The van der Waals surface area contributed by atoms with Crippen molar-refractivity contribution in [3.05, 3.63) is 84.5 Å². The monoisotopic (exact) mass is 480 g/mol. The van der Waals surface area contributed by atoms with Crippen LogP contribution in [0.4, 0.5) is 0 Å². The Morgan fingerprint density at radius 2 is 1.91 bits per heavy atom. The van der Waals surface area contributed by atoms with E-state index in [4.69, 9.17) is 14.2 Å². The first-order valence-electron chi connectivity index (χ1n) is 10.6. The molecule has 34 heavy (non-hydrogen) atoms. The Morgan fingerprint density at radius 1 is 1.18 bits per heavy atom. The minimum Gasteiger partial charge on any atom is -0.507 e. The van der Waals surface area contributed by atoms with Crippen molar-refractivity contribution in [2.45, 2.75) is 19.9 Å². The summed E-state index contributed by atoms with van der Waals surface area (Å²) in [6.45, 7) is 3.63. The molecule has 0 radical (unpaired) electrons. The van der Waals surface area contributed by atoms with Gasteiger partial charge in [-0.2, -0.15) is 0 Å². The molecule has 2 aromatic carbocycles. The first kappa shape index (κ1) is 23.3. The molecule has 0 amide bonds. The summed E-state index contributed by atoms with van der Waals surface area (Å²) in [6, 6.07) is 11.2. The highest BCUT2D eigenvalue weighted by Gasteiger charge is 2.33. The van der Waals surface area contributed by atoms with Gasteiger partial charge in [-0.25, -0.2) is 9.79 Å². The van der Waals surface area contributed by atoms with E-state index < -0.39 is 12.0 Å². The van der Waals surface area contributed by atoms with Gasteiger partial charge in [0.15, 0.2) is 16.3 Å². The van der Waals surface area contributed by atoms with Crippen molar-refractivity contribution in [3.63, 3.8) is 0 Å². The van der Waals surface area contributed by atoms with E-state index in [1.165, 1.54) is 30.1 Å². The normalized spacial score (nSPS) is 15.5. The maximum Gasteiger partial charge on any atom is 0.338 e. The van der Waals surface area contributed by atoms with Crippen molar-refractivity contribution in [3.8, 4) is 17.2 Å². The molecular weight excluding hydrogens is 456 g/mol. The number of carbonyl (C=O) groups is 1. The van der Waals surface area contributed by atoms with E-state index in [1.807, 2.05) is 0 Å². The number of benzene rings is 2.